The smallest absolute Gasteiger partial charge is 0.182 e. The van der Waals surface area contributed by atoms with E-state index in [4.69, 9.17) is 4.74 Å². The van der Waals surface area contributed by atoms with E-state index in [0.29, 0.717) is 6.10 Å². The third kappa shape index (κ3) is 2.07. The van der Waals surface area contributed by atoms with Crippen molar-refractivity contribution in [2.24, 2.45) is 5.92 Å². The predicted molar refractivity (Wildman–Crippen MR) is 59.8 cm³/mol. The van der Waals surface area contributed by atoms with Crippen LogP contribution in [0.4, 0.5) is 0 Å². The molecule has 1 N–H and O–H groups in total. The Labute approximate surface area is 93.0 Å². The van der Waals surface area contributed by atoms with Gasteiger partial charge < -0.3 is 9.64 Å². The molecule has 1 saturated carbocycles. The van der Waals surface area contributed by atoms with Gasteiger partial charge in [0.1, 0.15) is 0 Å². The van der Waals surface area contributed by atoms with Crippen LogP contribution < -0.4 is 4.90 Å². The van der Waals surface area contributed by atoms with E-state index in [9.17, 15) is 0 Å². The second kappa shape index (κ2) is 4.42. The van der Waals surface area contributed by atoms with Gasteiger partial charge in [-0.3, -0.25) is 0 Å². The van der Waals surface area contributed by atoms with E-state index in [2.05, 4.69) is 0 Å². The average Bonchev–Trinajstić information content (AvgIpc) is 2.48. The van der Waals surface area contributed by atoms with Gasteiger partial charge >= 0.3 is 0 Å². The highest BCUT2D eigenvalue weighted by Crippen LogP contribution is 2.32. The summed E-state index contributed by atoms with van der Waals surface area (Å²) in [4.78, 5) is 1.76. The molecule has 0 bridgehead atoms. The van der Waals surface area contributed by atoms with Gasteiger partial charge in [-0.2, -0.15) is 0 Å². The molecule has 2 heterocycles. The minimum absolute atomic E-state index is 0.622. The molecule has 2 saturated heterocycles. The Kier molecular flexibility index (Phi) is 2.98. The molecule has 0 spiro atoms. The van der Waals surface area contributed by atoms with Crippen LogP contribution in [0.25, 0.3) is 0 Å². The maximum atomic E-state index is 6.14. The van der Waals surface area contributed by atoms with Crippen molar-refractivity contribution in [1.29, 1.82) is 0 Å². The summed E-state index contributed by atoms with van der Waals surface area (Å²) in [6.07, 6.45) is 12.1. The van der Waals surface area contributed by atoms with Crippen LogP contribution in [0.2, 0.25) is 0 Å². The van der Waals surface area contributed by atoms with Gasteiger partial charge in [0.05, 0.1) is 18.7 Å². The summed E-state index contributed by atoms with van der Waals surface area (Å²) < 4.78 is 6.14. The zero-order valence-corrected chi connectivity index (χ0v) is 9.71. The second-order valence-electron chi connectivity index (χ2n) is 5.73. The Bertz CT molecular complexity index is 197. The number of piperidine rings is 1. The van der Waals surface area contributed by atoms with Crippen molar-refractivity contribution in [3.63, 3.8) is 0 Å². The summed E-state index contributed by atoms with van der Waals surface area (Å²) in [6.45, 7) is 2.37. The average molecular weight is 210 g/mol. The fourth-order valence-electron chi connectivity index (χ4n) is 3.87. The van der Waals surface area contributed by atoms with Crippen molar-refractivity contribution in [1.82, 2.24) is 0 Å². The summed E-state index contributed by atoms with van der Waals surface area (Å²) in [7, 11) is 0. The monoisotopic (exact) mass is 210 g/mol. The number of nitrogens with one attached hydrogen (secondary N) is 1. The number of ether oxygens (including phenoxy) is 1. The third-order valence-corrected chi connectivity index (χ3v) is 4.79. The molecule has 3 fully saturated rings. The van der Waals surface area contributed by atoms with Crippen LogP contribution in [0.15, 0.2) is 0 Å². The number of rotatable bonds is 0. The fourth-order valence-corrected chi connectivity index (χ4v) is 3.87. The molecule has 0 aromatic rings. The van der Waals surface area contributed by atoms with Gasteiger partial charge in [0.2, 0.25) is 0 Å². The normalized spacial score (nSPS) is 46.4. The van der Waals surface area contributed by atoms with E-state index in [1.807, 2.05) is 0 Å². The Hall–Kier alpha value is -0.0800. The van der Waals surface area contributed by atoms with Crippen molar-refractivity contribution in [2.75, 3.05) is 13.3 Å². The van der Waals surface area contributed by atoms with Gasteiger partial charge in [0.25, 0.3) is 0 Å². The number of fused-ring (bicyclic) bond motifs is 2. The van der Waals surface area contributed by atoms with Crippen LogP contribution in [0.5, 0.6) is 0 Å². The van der Waals surface area contributed by atoms with Gasteiger partial charge in [0, 0.05) is 6.42 Å². The first kappa shape index (κ1) is 10.1. The molecule has 0 radical (unpaired) electrons. The molecule has 1 aliphatic carbocycles. The summed E-state index contributed by atoms with van der Waals surface area (Å²) >= 11 is 0. The molecule has 1 unspecified atom stereocenters. The van der Waals surface area contributed by atoms with E-state index in [1.165, 1.54) is 57.9 Å². The number of quaternary nitrogens is 1. The number of hydrogen-bond donors (Lipinski definition) is 1. The Morgan fingerprint density at radius 2 is 1.80 bits per heavy atom. The maximum Gasteiger partial charge on any atom is 0.182 e. The lowest BCUT2D eigenvalue weighted by atomic mass is 9.81. The second-order valence-corrected chi connectivity index (χ2v) is 5.73. The molecule has 86 valence electrons. The van der Waals surface area contributed by atoms with Crippen molar-refractivity contribution >= 4 is 0 Å². The molecule has 15 heavy (non-hydrogen) atoms. The van der Waals surface area contributed by atoms with E-state index in [1.54, 1.807) is 4.90 Å². The molecule has 2 nitrogen and oxygen atoms in total. The molecular weight excluding hydrogens is 186 g/mol. The van der Waals surface area contributed by atoms with Crippen molar-refractivity contribution in [3.8, 4) is 0 Å². The molecule has 3 rings (SSSR count). The summed E-state index contributed by atoms with van der Waals surface area (Å²) in [5.74, 6) is 0.902. The van der Waals surface area contributed by atoms with Gasteiger partial charge in [-0.25, -0.2) is 0 Å². The summed E-state index contributed by atoms with van der Waals surface area (Å²) in [5, 5.41) is 0. The van der Waals surface area contributed by atoms with E-state index < -0.39 is 0 Å². The summed E-state index contributed by atoms with van der Waals surface area (Å²) in [5.41, 5.74) is 0. The molecular formula is C13H24NO+. The first-order chi connectivity index (χ1) is 7.43. The lowest BCUT2D eigenvalue weighted by Gasteiger charge is -2.31. The highest BCUT2D eigenvalue weighted by molar-refractivity contribution is 4.80. The topological polar surface area (TPSA) is 13.7 Å². The van der Waals surface area contributed by atoms with Gasteiger partial charge in [-0.05, 0) is 38.0 Å². The molecule has 2 aliphatic heterocycles. The molecule has 3 aliphatic rings. The zero-order chi connectivity index (χ0) is 10.1. The predicted octanol–water partition coefficient (Wildman–Crippen LogP) is 1.36. The van der Waals surface area contributed by atoms with E-state index in [0.717, 1.165) is 18.7 Å². The van der Waals surface area contributed by atoms with Gasteiger partial charge in [-0.15, -0.1) is 0 Å². The van der Waals surface area contributed by atoms with Gasteiger partial charge in [0.15, 0.2) is 6.73 Å². The van der Waals surface area contributed by atoms with Crippen LogP contribution in [-0.2, 0) is 4.74 Å². The van der Waals surface area contributed by atoms with Crippen molar-refractivity contribution in [3.05, 3.63) is 0 Å². The van der Waals surface area contributed by atoms with Crippen molar-refractivity contribution in [2.45, 2.75) is 63.5 Å². The largest absolute Gasteiger partial charge is 0.328 e. The highest BCUT2D eigenvalue weighted by atomic mass is 16.5. The fraction of sp³-hybridized carbons (Fsp3) is 1.00. The van der Waals surface area contributed by atoms with E-state index >= 15 is 0 Å². The number of hydrogen-bond acceptors (Lipinski definition) is 1. The zero-order valence-electron chi connectivity index (χ0n) is 9.71. The molecule has 2 heteroatoms. The van der Waals surface area contributed by atoms with Crippen LogP contribution in [0, 0.1) is 5.92 Å². The van der Waals surface area contributed by atoms with Gasteiger partial charge in [-0.1, -0.05) is 12.8 Å². The standard InChI is InChI=1S/C13H23NO/c1-2-7-13-11(5-1)9-12-6-3-4-8-14(12)10-15-13/h11-13H,1-10H2/p+1/t11-,12-,13+/m1/s1. The first-order valence-corrected chi connectivity index (χ1v) is 6.89. The van der Waals surface area contributed by atoms with Crippen LogP contribution in [0.1, 0.15) is 51.4 Å². The Morgan fingerprint density at radius 3 is 2.80 bits per heavy atom. The molecule has 0 amide bonds. The van der Waals surface area contributed by atoms with Crippen LogP contribution >= 0.6 is 0 Å². The Morgan fingerprint density at radius 1 is 0.933 bits per heavy atom. The quantitative estimate of drug-likeness (QED) is 0.637. The lowest BCUT2D eigenvalue weighted by molar-refractivity contribution is -0.947. The minimum atomic E-state index is 0.622. The van der Waals surface area contributed by atoms with E-state index in [-0.39, 0.29) is 0 Å². The van der Waals surface area contributed by atoms with Crippen molar-refractivity contribution < 1.29 is 9.64 Å². The minimum Gasteiger partial charge on any atom is -0.328 e. The molecule has 0 aromatic carbocycles. The Balaban J connectivity index is 1.70. The highest BCUT2D eigenvalue weighted by Gasteiger charge is 2.37. The SMILES string of the molecule is C1CC[C@@H]2OC[NH+]3CCCC[C@@H]3C[C@H]2C1. The van der Waals surface area contributed by atoms with Crippen LogP contribution in [0.3, 0.4) is 0 Å². The maximum absolute atomic E-state index is 6.14. The summed E-state index contributed by atoms with van der Waals surface area (Å²) in [6, 6.07) is 0.937. The molecule has 4 atom stereocenters. The first-order valence-electron chi connectivity index (χ1n) is 6.89. The lowest BCUT2D eigenvalue weighted by Crippen LogP contribution is -3.16. The third-order valence-electron chi connectivity index (χ3n) is 4.79. The molecule has 0 aromatic heterocycles. The van der Waals surface area contributed by atoms with Crippen LogP contribution in [-0.4, -0.2) is 25.4 Å².